The number of hydrogen-bond acceptors (Lipinski definition) is 6. The summed E-state index contributed by atoms with van der Waals surface area (Å²) >= 11 is 0. The average molecular weight is 457 g/mol. The van der Waals surface area contributed by atoms with Crippen molar-refractivity contribution in [2.75, 3.05) is 23.3 Å². The highest BCUT2D eigenvalue weighted by Crippen LogP contribution is 2.30. The molecule has 0 bridgehead atoms. The van der Waals surface area contributed by atoms with Crippen molar-refractivity contribution in [3.05, 3.63) is 71.9 Å². The zero-order chi connectivity index (χ0) is 23.7. The van der Waals surface area contributed by atoms with E-state index in [9.17, 15) is 23.1 Å². The van der Waals surface area contributed by atoms with Crippen LogP contribution in [0.15, 0.2) is 48.8 Å². The minimum atomic E-state index is -1.26. The molecule has 4 rings (SSSR count). The highest BCUT2D eigenvalue weighted by molar-refractivity contribution is 6.04. The standard InChI is InChI=1S/C23H22F3N5O2/c1-12-10-31(11-16(27)22(12)32)19-7-8-28-9-18(19)30-23(33)17-6-5-15(25)21(29-17)13-3-2-4-14(24)20(13)26/h2-9,12,16,22,32H,10-11,27H2,1H3,(H,30,33)/t12-,16+,22+/m0/s1. The van der Waals surface area contributed by atoms with E-state index in [0.29, 0.717) is 24.5 Å². The van der Waals surface area contributed by atoms with E-state index in [2.05, 4.69) is 15.3 Å². The summed E-state index contributed by atoms with van der Waals surface area (Å²) in [4.78, 5) is 22.8. The average Bonchev–Trinajstić information content (AvgIpc) is 2.80. The predicted octanol–water partition coefficient (Wildman–Crippen LogP) is 2.96. The van der Waals surface area contributed by atoms with Crippen LogP contribution in [-0.4, -0.2) is 46.2 Å². The molecule has 172 valence electrons. The van der Waals surface area contributed by atoms with Crippen molar-refractivity contribution in [1.82, 2.24) is 9.97 Å². The Morgan fingerprint density at radius 3 is 2.70 bits per heavy atom. The summed E-state index contributed by atoms with van der Waals surface area (Å²) in [6.07, 6.45) is 2.38. The molecule has 3 atom stereocenters. The monoisotopic (exact) mass is 457 g/mol. The molecule has 1 amide bonds. The van der Waals surface area contributed by atoms with Crippen LogP contribution in [0.25, 0.3) is 11.3 Å². The Hall–Kier alpha value is -3.50. The van der Waals surface area contributed by atoms with Gasteiger partial charge in [0.1, 0.15) is 17.2 Å². The molecule has 3 heterocycles. The number of anilines is 2. The summed E-state index contributed by atoms with van der Waals surface area (Å²) in [5.41, 5.74) is 6.00. The summed E-state index contributed by atoms with van der Waals surface area (Å²) in [6, 6.07) is 6.68. The highest BCUT2D eigenvalue weighted by atomic mass is 19.2. The lowest BCUT2D eigenvalue weighted by Crippen LogP contribution is -2.55. The molecule has 0 unspecified atom stereocenters. The van der Waals surface area contributed by atoms with Gasteiger partial charge in [-0.2, -0.15) is 0 Å². The zero-order valence-electron chi connectivity index (χ0n) is 17.7. The van der Waals surface area contributed by atoms with Crippen molar-refractivity contribution in [2.45, 2.75) is 19.1 Å². The van der Waals surface area contributed by atoms with Crippen LogP contribution in [0.3, 0.4) is 0 Å². The van der Waals surface area contributed by atoms with Crippen molar-refractivity contribution in [2.24, 2.45) is 11.7 Å². The molecule has 0 aliphatic carbocycles. The Morgan fingerprint density at radius 1 is 1.15 bits per heavy atom. The van der Waals surface area contributed by atoms with Crippen LogP contribution < -0.4 is 16.0 Å². The zero-order valence-corrected chi connectivity index (χ0v) is 17.7. The van der Waals surface area contributed by atoms with Gasteiger partial charge in [0.15, 0.2) is 11.6 Å². The van der Waals surface area contributed by atoms with E-state index >= 15 is 0 Å². The molecule has 33 heavy (non-hydrogen) atoms. The van der Waals surface area contributed by atoms with Crippen LogP contribution in [0.2, 0.25) is 0 Å². The first kappa shape index (κ1) is 22.7. The maximum absolute atomic E-state index is 14.3. The Morgan fingerprint density at radius 2 is 1.94 bits per heavy atom. The largest absolute Gasteiger partial charge is 0.391 e. The lowest BCUT2D eigenvalue weighted by Gasteiger charge is -2.40. The molecule has 1 fully saturated rings. The summed E-state index contributed by atoms with van der Waals surface area (Å²) in [5.74, 6) is -4.07. The van der Waals surface area contributed by atoms with E-state index in [0.717, 1.165) is 18.2 Å². The van der Waals surface area contributed by atoms with Crippen LogP contribution in [-0.2, 0) is 0 Å². The summed E-state index contributed by atoms with van der Waals surface area (Å²) in [5, 5.41) is 12.8. The van der Waals surface area contributed by atoms with Gasteiger partial charge >= 0.3 is 0 Å². The van der Waals surface area contributed by atoms with E-state index in [-0.39, 0.29) is 17.2 Å². The third-order valence-corrected chi connectivity index (χ3v) is 5.63. The lowest BCUT2D eigenvalue weighted by atomic mass is 9.92. The van der Waals surface area contributed by atoms with Gasteiger partial charge in [0, 0.05) is 36.8 Å². The number of hydrogen-bond donors (Lipinski definition) is 3. The third-order valence-electron chi connectivity index (χ3n) is 5.63. The first-order valence-electron chi connectivity index (χ1n) is 10.3. The second-order valence-electron chi connectivity index (χ2n) is 8.01. The van der Waals surface area contributed by atoms with Crippen molar-refractivity contribution in [3.8, 4) is 11.3 Å². The van der Waals surface area contributed by atoms with Gasteiger partial charge in [-0.1, -0.05) is 13.0 Å². The normalized spacial score (nSPS) is 20.5. The van der Waals surface area contributed by atoms with E-state index in [1.807, 2.05) is 11.8 Å². The molecule has 0 radical (unpaired) electrons. The third kappa shape index (κ3) is 4.53. The molecule has 4 N–H and O–H groups in total. The number of amides is 1. The van der Waals surface area contributed by atoms with Gasteiger partial charge in [0.05, 0.1) is 23.7 Å². The number of nitrogens with zero attached hydrogens (tertiary/aromatic N) is 3. The van der Waals surface area contributed by atoms with Gasteiger partial charge in [0.25, 0.3) is 5.91 Å². The van der Waals surface area contributed by atoms with Crippen molar-refractivity contribution in [1.29, 1.82) is 0 Å². The van der Waals surface area contributed by atoms with Gasteiger partial charge in [0.2, 0.25) is 0 Å². The first-order chi connectivity index (χ1) is 15.8. The van der Waals surface area contributed by atoms with E-state index in [1.165, 1.54) is 18.3 Å². The van der Waals surface area contributed by atoms with Gasteiger partial charge < -0.3 is 21.1 Å². The van der Waals surface area contributed by atoms with Crippen molar-refractivity contribution in [3.63, 3.8) is 0 Å². The number of aliphatic hydroxyl groups is 1. The first-order valence-corrected chi connectivity index (χ1v) is 10.3. The molecule has 3 aromatic rings. The summed E-state index contributed by atoms with van der Waals surface area (Å²) in [7, 11) is 0. The molecule has 2 aromatic heterocycles. The van der Waals surface area contributed by atoms with Crippen LogP contribution in [0.1, 0.15) is 17.4 Å². The number of pyridine rings is 2. The van der Waals surface area contributed by atoms with Crippen LogP contribution in [0.4, 0.5) is 24.5 Å². The Bertz CT molecular complexity index is 1180. The molecule has 7 nitrogen and oxygen atoms in total. The molecule has 0 saturated carbocycles. The maximum Gasteiger partial charge on any atom is 0.274 e. The SMILES string of the molecule is C[C@H]1CN(c2ccncc2NC(=O)c2ccc(F)c(-c3cccc(F)c3F)n2)C[C@@H](N)[C@@H]1O. The minimum Gasteiger partial charge on any atom is -0.391 e. The van der Waals surface area contributed by atoms with E-state index < -0.39 is 41.2 Å². The Balaban J connectivity index is 1.62. The van der Waals surface area contributed by atoms with Crippen molar-refractivity contribution < 1.29 is 23.1 Å². The Labute approximate surface area is 188 Å². The summed E-state index contributed by atoms with van der Waals surface area (Å²) in [6.45, 7) is 2.77. The maximum atomic E-state index is 14.3. The Kier molecular flexibility index (Phi) is 6.30. The molecular weight excluding hydrogens is 435 g/mol. The topological polar surface area (TPSA) is 104 Å². The second kappa shape index (κ2) is 9.16. The molecule has 1 saturated heterocycles. The predicted molar refractivity (Wildman–Crippen MR) is 117 cm³/mol. The van der Waals surface area contributed by atoms with E-state index in [1.54, 1.807) is 12.3 Å². The second-order valence-corrected chi connectivity index (χ2v) is 8.01. The number of aliphatic hydroxyl groups excluding tert-OH is 1. The number of nitrogens with one attached hydrogen (secondary N) is 1. The quantitative estimate of drug-likeness (QED) is 0.557. The molecule has 10 heteroatoms. The van der Waals surface area contributed by atoms with E-state index in [4.69, 9.17) is 5.73 Å². The summed E-state index contributed by atoms with van der Waals surface area (Å²) < 4.78 is 42.1. The fraction of sp³-hybridized carbons (Fsp3) is 0.261. The molecule has 1 aromatic carbocycles. The number of rotatable bonds is 4. The number of carbonyl (C=O) groups is 1. The van der Waals surface area contributed by atoms with Gasteiger partial charge in [-0.15, -0.1) is 0 Å². The number of carbonyl (C=O) groups excluding carboxylic acids is 1. The number of nitrogens with two attached hydrogens (primary N) is 1. The molecule has 1 aliphatic heterocycles. The van der Waals surface area contributed by atoms with Gasteiger partial charge in [-0.25, -0.2) is 18.2 Å². The van der Waals surface area contributed by atoms with Crippen molar-refractivity contribution >= 4 is 17.3 Å². The van der Waals surface area contributed by atoms with Gasteiger partial charge in [-0.05, 0) is 30.3 Å². The van der Waals surface area contributed by atoms with Crippen LogP contribution >= 0.6 is 0 Å². The smallest absolute Gasteiger partial charge is 0.274 e. The molecular formula is C23H22F3N5O2. The lowest BCUT2D eigenvalue weighted by molar-refractivity contribution is 0.0785. The molecule has 0 spiro atoms. The number of benzene rings is 1. The van der Waals surface area contributed by atoms with Crippen LogP contribution in [0, 0.1) is 23.4 Å². The highest BCUT2D eigenvalue weighted by Gasteiger charge is 2.32. The van der Waals surface area contributed by atoms with Crippen LogP contribution in [0.5, 0.6) is 0 Å². The number of aromatic nitrogens is 2. The van der Waals surface area contributed by atoms with Gasteiger partial charge in [-0.3, -0.25) is 9.78 Å². The molecule has 1 aliphatic rings. The minimum absolute atomic E-state index is 0.0899. The fourth-order valence-corrected chi connectivity index (χ4v) is 3.90. The number of halogens is 3. The fourth-order valence-electron chi connectivity index (χ4n) is 3.90. The number of piperidine rings is 1.